The van der Waals surface area contributed by atoms with Crippen LogP contribution in [0.5, 0.6) is 5.75 Å². The fourth-order valence-electron chi connectivity index (χ4n) is 1.84. The molecule has 0 heterocycles. The van der Waals surface area contributed by atoms with E-state index in [0.29, 0.717) is 26.4 Å². The lowest BCUT2D eigenvalue weighted by Crippen LogP contribution is -2.11. The summed E-state index contributed by atoms with van der Waals surface area (Å²) < 4.78 is 16.6. The summed E-state index contributed by atoms with van der Waals surface area (Å²) in [7, 11) is 0. The number of rotatable bonds is 13. The van der Waals surface area contributed by atoms with Gasteiger partial charge in [0, 0.05) is 11.5 Å². The molecule has 0 saturated carbocycles. The normalized spacial score (nSPS) is 10.8. The zero-order valence-electron chi connectivity index (χ0n) is 13.3. The number of hydrogen-bond acceptors (Lipinski definition) is 4. The van der Waals surface area contributed by atoms with Gasteiger partial charge in [-0.25, -0.2) is 0 Å². The van der Waals surface area contributed by atoms with Crippen molar-refractivity contribution in [3.8, 4) is 5.75 Å². The van der Waals surface area contributed by atoms with Crippen LogP contribution in [0.3, 0.4) is 0 Å². The largest absolute Gasteiger partial charge is 0.491 e. The quantitative estimate of drug-likeness (QED) is 0.398. The summed E-state index contributed by atoms with van der Waals surface area (Å²) in [5.74, 6) is 0.892. The van der Waals surface area contributed by atoms with Crippen LogP contribution in [-0.2, 0) is 9.47 Å². The van der Waals surface area contributed by atoms with E-state index in [9.17, 15) is 0 Å². The Morgan fingerprint density at radius 1 is 0.810 bits per heavy atom. The highest BCUT2D eigenvalue weighted by molar-refractivity contribution is 7.98. The summed E-state index contributed by atoms with van der Waals surface area (Å²) in [5.41, 5.74) is 0. The van der Waals surface area contributed by atoms with Crippen molar-refractivity contribution in [1.82, 2.24) is 0 Å². The molecule has 1 rings (SSSR count). The van der Waals surface area contributed by atoms with Gasteiger partial charge in [-0.05, 0) is 36.9 Å². The van der Waals surface area contributed by atoms with Gasteiger partial charge in [0.1, 0.15) is 12.4 Å². The monoisotopic (exact) mass is 312 g/mol. The van der Waals surface area contributed by atoms with Crippen LogP contribution in [-0.4, -0.2) is 39.3 Å². The zero-order chi connectivity index (χ0) is 15.2. The SMILES string of the molecule is CCCCCCOCCOCCOc1ccc(SC)cc1. The zero-order valence-corrected chi connectivity index (χ0v) is 14.1. The van der Waals surface area contributed by atoms with E-state index in [1.807, 2.05) is 12.1 Å². The molecule has 0 atom stereocenters. The Morgan fingerprint density at radius 2 is 1.48 bits per heavy atom. The van der Waals surface area contributed by atoms with Crippen molar-refractivity contribution in [2.45, 2.75) is 37.5 Å². The first-order valence-electron chi connectivity index (χ1n) is 7.79. The summed E-state index contributed by atoms with van der Waals surface area (Å²) in [6, 6.07) is 8.11. The van der Waals surface area contributed by atoms with Gasteiger partial charge in [0.2, 0.25) is 0 Å². The minimum atomic E-state index is 0.578. The molecule has 120 valence electrons. The van der Waals surface area contributed by atoms with Gasteiger partial charge in [0.05, 0.1) is 19.8 Å². The Morgan fingerprint density at radius 3 is 2.14 bits per heavy atom. The van der Waals surface area contributed by atoms with E-state index in [1.165, 1.54) is 24.2 Å². The van der Waals surface area contributed by atoms with Crippen molar-refractivity contribution in [1.29, 1.82) is 0 Å². The average Bonchev–Trinajstić information content (AvgIpc) is 2.53. The molecule has 0 aliphatic carbocycles. The molecule has 0 spiro atoms. The molecule has 0 saturated heterocycles. The second-order valence-electron chi connectivity index (χ2n) is 4.81. The molecule has 0 aliphatic rings. The highest BCUT2D eigenvalue weighted by Crippen LogP contribution is 2.18. The maximum atomic E-state index is 5.60. The van der Waals surface area contributed by atoms with E-state index in [2.05, 4.69) is 25.3 Å². The highest BCUT2D eigenvalue weighted by Gasteiger charge is 1.95. The molecular weight excluding hydrogens is 284 g/mol. The third kappa shape index (κ3) is 9.77. The minimum absolute atomic E-state index is 0.578. The van der Waals surface area contributed by atoms with Gasteiger partial charge in [-0.2, -0.15) is 0 Å². The average molecular weight is 312 g/mol. The highest BCUT2D eigenvalue weighted by atomic mass is 32.2. The van der Waals surface area contributed by atoms with Crippen molar-refractivity contribution >= 4 is 11.8 Å². The molecule has 1 aromatic rings. The van der Waals surface area contributed by atoms with Crippen molar-refractivity contribution in [2.24, 2.45) is 0 Å². The fourth-order valence-corrected chi connectivity index (χ4v) is 2.25. The summed E-state index contributed by atoms with van der Waals surface area (Å²) in [6.45, 7) is 5.56. The van der Waals surface area contributed by atoms with Gasteiger partial charge in [0.15, 0.2) is 0 Å². The first-order chi connectivity index (χ1) is 10.4. The van der Waals surface area contributed by atoms with E-state index >= 15 is 0 Å². The van der Waals surface area contributed by atoms with Crippen LogP contribution in [0.4, 0.5) is 0 Å². The van der Waals surface area contributed by atoms with Crippen LogP contribution in [0.15, 0.2) is 29.2 Å². The van der Waals surface area contributed by atoms with Crippen LogP contribution in [0.1, 0.15) is 32.6 Å². The maximum Gasteiger partial charge on any atom is 0.119 e. The van der Waals surface area contributed by atoms with Crippen molar-refractivity contribution in [3.05, 3.63) is 24.3 Å². The molecule has 0 fully saturated rings. The molecule has 1 aromatic carbocycles. The van der Waals surface area contributed by atoms with Gasteiger partial charge in [-0.1, -0.05) is 26.2 Å². The van der Waals surface area contributed by atoms with E-state index in [1.54, 1.807) is 11.8 Å². The smallest absolute Gasteiger partial charge is 0.119 e. The topological polar surface area (TPSA) is 27.7 Å². The van der Waals surface area contributed by atoms with Crippen molar-refractivity contribution < 1.29 is 14.2 Å². The van der Waals surface area contributed by atoms with Crippen LogP contribution < -0.4 is 4.74 Å². The number of unbranched alkanes of at least 4 members (excludes halogenated alkanes) is 3. The van der Waals surface area contributed by atoms with Crippen molar-refractivity contribution in [2.75, 3.05) is 39.3 Å². The summed E-state index contributed by atoms with van der Waals surface area (Å²) in [4.78, 5) is 1.25. The molecule has 0 aromatic heterocycles. The summed E-state index contributed by atoms with van der Waals surface area (Å²) >= 11 is 1.73. The van der Waals surface area contributed by atoms with Crippen LogP contribution >= 0.6 is 11.8 Å². The maximum absolute atomic E-state index is 5.60. The van der Waals surface area contributed by atoms with E-state index in [-0.39, 0.29) is 0 Å². The Hall–Kier alpha value is -0.710. The van der Waals surface area contributed by atoms with E-state index in [4.69, 9.17) is 14.2 Å². The molecular formula is C17H28O3S. The van der Waals surface area contributed by atoms with E-state index in [0.717, 1.165) is 18.8 Å². The van der Waals surface area contributed by atoms with E-state index < -0.39 is 0 Å². The lowest BCUT2D eigenvalue weighted by molar-refractivity contribution is 0.0352. The third-order valence-electron chi connectivity index (χ3n) is 3.07. The Bertz CT molecular complexity index is 340. The molecule has 0 unspecified atom stereocenters. The first-order valence-corrected chi connectivity index (χ1v) is 9.01. The van der Waals surface area contributed by atoms with Crippen LogP contribution in [0.25, 0.3) is 0 Å². The standard InChI is InChI=1S/C17H28O3S/c1-3-4-5-6-11-18-12-13-19-14-15-20-16-7-9-17(21-2)10-8-16/h7-10H,3-6,11-15H2,1-2H3. The molecule has 21 heavy (non-hydrogen) atoms. The fraction of sp³-hybridized carbons (Fsp3) is 0.647. The second-order valence-corrected chi connectivity index (χ2v) is 5.69. The van der Waals surface area contributed by atoms with Gasteiger partial charge < -0.3 is 14.2 Å². The summed E-state index contributed by atoms with van der Waals surface area (Å²) in [5, 5.41) is 0. The third-order valence-corrected chi connectivity index (χ3v) is 3.81. The Kier molecular flexibility index (Phi) is 11.3. The van der Waals surface area contributed by atoms with Gasteiger partial charge in [-0.3, -0.25) is 0 Å². The van der Waals surface area contributed by atoms with Gasteiger partial charge in [0.25, 0.3) is 0 Å². The number of benzene rings is 1. The second kappa shape index (κ2) is 13.0. The molecule has 0 amide bonds. The molecule has 0 bridgehead atoms. The molecule has 0 aliphatic heterocycles. The Balaban J connectivity index is 1.88. The predicted molar refractivity (Wildman–Crippen MR) is 89.5 cm³/mol. The first kappa shape index (κ1) is 18.3. The number of thioether (sulfide) groups is 1. The van der Waals surface area contributed by atoms with Crippen LogP contribution in [0, 0.1) is 0 Å². The molecule has 4 heteroatoms. The predicted octanol–water partition coefficient (Wildman–Crippen LogP) is 4.40. The lowest BCUT2D eigenvalue weighted by Gasteiger charge is -2.08. The molecule has 3 nitrogen and oxygen atoms in total. The van der Waals surface area contributed by atoms with Gasteiger partial charge >= 0.3 is 0 Å². The lowest BCUT2D eigenvalue weighted by atomic mass is 10.2. The number of ether oxygens (including phenoxy) is 3. The van der Waals surface area contributed by atoms with Gasteiger partial charge in [-0.15, -0.1) is 11.8 Å². The summed E-state index contributed by atoms with van der Waals surface area (Å²) in [6.07, 6.45) is 7.05. The molecule has 0 radical (unpaired) electrons. The van der Waals surface area contributed by atoms with Crippen molar-refractivity contribution in [3.63, 3.8) is 0 Å². The van der Waals surface area contributed by atoms with Crippen LogP contribution in [0.2, 0.25) is 0 Å². The minimum Gasteiger partial charge on any atom is -0.491 e. The number of hydrogen-bond donors (Lipinski definition) is 0. The molecule has 0 N–H and O–H groups in total. The Labute approximate surface area is 133 Å².